The molecule has 0 bridgehead atoms. The van der Waals surface area contributed by atoms with Crippen LogP contribution in [-0.2, 0) is 14.9 Å². The van der Waals surface area contributed by atoms with Crippen molar-refractivity contribution in [2.45, 2.75) is 44.1 Å². The van der Waals surface area contributed by atoms with Crippen LogP contribution >= 0.6 is 0 Å². The van der Waals surface area contributed by atoms with E-state index in [4.69, 9.17) is 9.84 Å². The zero-order valence-corrected chi connectivity index (χ0v) is 12.9. The first-order valence-corrected chi connectivity index (χ1v) is 7.60. The molecule has 2 N–H and O–H groups in total. The van der Waals surface area contributed by atoms with Gasteiger partial charge in [0.1, 0.15) is 0 Å². The summed E-state index contributed by atoms with van der Waals surface area (Å²) in [6, 6.07) is 8.08. The summed E-state index contributed by atoms with van der Waals surface area (Å²) in [5, 5.41) is 12.2. The second-order valence-corrected chi connectivity index (χ2v) is 5.94. The van der Waals surface area contributed by atoms with E-state index in [9.17, 15) is 4.79 Å². The molecule has 1 amide bonds. The number of aryl methyl sites for hydroxylation is 1. The molecule has 0 heterocycles. The lowest BCUT2D eigenvalue weighted by Gasteiger charge is -2.41. The fourth-order valence-corrected chi connectivity index (χ4v) is 3.00. The van der Waals surface area contributed by atoms with Gasteiger partial charge in [-0.05, 0) is 31.7 Å². The molecule has 21 heavy (non-hydrogen) atoms. The first kappa shape index (κ1) is 16.0. The van der Waals surface area contributed by atoms with E-state index in [1.807, 2.05) is 25.1 Å². The van der Waals surface area contributed by atoms with Crippen LogP contribution in [0.25, 0.3) is 0 Å². The number of ether oxygens (including phenoxy) is 1. The summed E-state index contributed by atoms with van der Waals surface area (Å²) in [4.78, 5) is 12.8. The lowest BCUT2D eigenvalue weighted by atomic mass is 9.63. The van der Waals surface area contributed by atoms with Gasteiger partial charge in [0.25, 0.3) is 0 Å². The maximum Gasteiger partial charge on any atom is 0.230 e. The SMILES string of the molecule is COCC(CCO)NC(=O)C1(c2cccc(C)c2)CCC1. The third-order valence-corrected chi connectivity index (χ3v) is 4.39. The molecule has 0 radical (unpaired) electrons. The smallest absolute Gasteiger partial charge is 0.230 e. The van der Waals surface area contributed by atoms with Crippen LogP contribution in [0.3, 0.4) is 0 Å². The van der Waals surface area contributed by atoms with Gasteiger partial charge in [-0.1, -0.05) is 36.2 Å². The minimum absolute atomic E-state index is 0.0474. The van der Waals surface area contributed by atoms with Crippen LogP contribution in [0.15, 0.2) is 24.3 Å². The minimum atomic E-state index is -0.395. The highest BCUT2D eigenvalue weighted by Gasteiger charge is 2.46. The van der Waals surface area contributed by atoms with E-state index in [2.05, 4.69) is 11.4 Å². The molecule has 0 aliphatic heterocycles. The summed E-state index contributed by atoms with van der Waals surface area (Å²) >= 11 is 0. The van der Waals surface area contributed by atoms with Crippen LogP contribution in [0, 0.1) is 6.92 Å². The highest BCUT2D eigenvalue weighted by atomic mass is 16.5. The number of amides is 1. The van der Waals surface area contributed by atoms with Gasteiger partial charge in [-0.15, -0.1) is 0 Å². The molecule has 1 aromatic carbocycles. The van der Waals surface area contributed by atoms with Crippen molar-refractivity contribution in [3.05, 3.63) is 35.4 Å². The van der Waals surface area contributed by atoms with E-state index in [1.54, 1.807) is 7.11 Å². The van der Waals surface area contributed by atoms with Crippen molar-refractivity contribution in [1.29, 1.82) is 0 Å². The van der Waals surface area contributed by atoms with Gasteiger partial charge in [-0.2, -0.15) is 0 Å². The Hall–Kier alpha value is -1.39. The third-order valence-electron chi connectivity index (χ3n) is 4.39. The number of aliphatic hydroxyl groups is 1. The van der Waals surface area contributed by atoms with E-state index in [0.29, 0.717) is 13.0 Å². The van der Waals surface area contributed by atoms with Crippen molar-refractivity contribution >= 4 is 5.91 Å². The Bertz CT molecular complexity index is 477. The van der Waals surface area contributed by atoms with Crippen molar-refractivity contribution in [3.8, 4) is 0 Å². The highest BCUT2D eigenvalue weighted by molar-refractivity contribution is 5.89. The van der Waals surface area contributed by atoms with E-state index in [1.165, 1.54) is 5.56 Å². The molecular formula is C17H25NO3. The van der Waals surface area contributed by atoms with Gasteiger partial charge in [0, 0.05) is 13.7 Å². The van der Waals surface area contributed by atoms with Crippen LogP contribution in [0.2, 0.25) is 0 Å². The fraction of sp³-hybridized carbons (Fsp3) is 0.588. The number of nitrogens with one attached hydrogen (secondary N) is 1. The van der Waals surface area contributed by atoms with Crippen molar-refractivity contribution in [3.63, 3.8) is 0 Å². The van der Waals surface area contributed by atoms with Crippen molar-refractivity contribution in [1.82, 2.24) is 5.32 Å². The second kappa shape index (κ2) is 7.05. The monoisotopic (exact) mass is 291 g/mol. The Kier molecular flexibility index (Phi) is 5.37. The standard InChI is InChI=1S/C17H25NO3/c1-13-5-3-6-14(11-13)17(8-4-9-17)16(20)18-15(7-10-19)12-21-2/h3,5-6,11,15,19H,4,7-10,12H2,1-2H3,(H,18,20). The van der Waals surface area contributed by atoms with Crippen LogP contribution in [0.4, 0.5) is 0 Å². The Morgan fingerprint density at radius 2 is 2.24 bits per heavy atom. The summed E-state index contributed by atoms with van der Waals surface area (Å²) in [5.41, 5.74) is 1.88. The largest absolute Gasteiger partial charge is 0.396 e. The summed E-state index contributed by atoms with van der Waals surface area (Å²) in [7, 11) is 1.61. The molecule has 1 aliphatic carbocycles. The Morgan fingerprint density at radius 3 is 2.76 bits per heavy atom. The molecule has 0 spiro atoms. The molecule has 1 fully saturated rings. The first-order valence-electron chi connectivity index (χ1n) is 7.60. The summed E-state index contributed by atoms with van der Waals surface area (Å²) in [6.45, 7) is 2.52. The van der Waals surface area contributed by atoms with Crippen molar-refractivity contribution in [2.24, 2.45) is 0 Å². The molecule has 1 aliphatic rings. The number of hydrogen-bond donors (Lipinski definition) is 2. The van der Waals surface area contributed by atoms with E-state index in [-0.39, 0.29) is 18.6 Å². The lowest BCUT2D eigenvalue weighted by Crippen LogP contribution is -2.53. The summed E-state index contributed by atoms with van der Waals surface area (Å²) in [5.74, 6) is 0.0647. The molecule has 1 aromatic rings. The van der Waals surface area contributed by atoms with E-state index in [0.717, 1.165) is 24.8 Å². The van der Waals surface area contributed by atoms with E-state index >= 15 is 0 Å². The molecule has 116 valence electrons. The van der Waals surface area contributed by atoms with Crippen LogP contribution in [-0.4, -0.2) is 37.4 Å². The number of benzene rings is 1. The van der Waals surface area contributed by atoms with Gasteiger partial charge in [-0.3, -0.25) is 4.79 Å². The highest BCUT2D eigenvalue weighted by Crippen LogP contribution is 2.44. The minimum Gasteiger partial charge on any atom is -0.396 e. The Balaban J connectivity index is 2.14. The maximum absolute atomic E-state index is 12.8. The molecule has 1 atom stereocenters. The topological polar surface area (TPSA) is 58.6 Å². The molecule has 1 saturated carbocycles. The molecule has 0 saturated heterocycles. The molecule has 2 rings (SSSR count). The number of rotatable bonds is 7. The maximum atomic E-state index is 12.8. The Morgan fingerprint density at radius 1 is 1.48 bits per heavy atom. The predicted octanol–water partition coefficient (Wildman–Crippen LogP) is 1.93. The zero-order valence-electron chi connectivity index (χ0n) is 12.9. The predicted molar refractivity (Wildman–Crippen MR) is 82.2 cm³/mol. The Labute approximate surface area is 126 Å². The number of methoxy groups -OCH3 is 1. The first-order chi connectivity index (χ1) is 10.1. The number of aliphatic hydroxyl groups excluding tert-OH is 1. The van der Waals surface area contributed by atoms with Crippen LogP contribution in [0.1, 0.15) is 36.8 Å². The van der Waals surface area contributed by atoms with Gasteiger partial charge >= 0.3 is 0 Å². The zero-order chi connectivity index (χ0) is 15.3. The number of hydrogen-bond acceptors (Lipinski definition) is 3. The van der Waals surface area contributed by atoms with Crippen LogP contribution in [0.5, 0.6) is 0 Å². The number of carbonyl (C=O) groups is 1. The molecule has 1 unspecified atom stereocenters. The molecule has 0 aromatic heterocycles. The average Bonchev–Trinajstić information content (AvgIpc) is 2.38. The van der Waals surface area contributed by atoms with Crippen molar-refractivity contribution < 1.29 is 14.6 Å². The van der Waals surface area contributed by atoms with Crippen LogP contribution < -0.4 is 5.32 Å². The van der Waals surface area contributed by atoms with Gasteiger partial charge in [0.15, 0.2) is 0 Å². The van der Waals surface area contributed by atoms with Gasteiger partial charge in [0.05, 0.1) is 18.1 Å². The normalized spacial score (nSPS) is 17.9. The second-order valence-electron chi connectivity index (χ2n) is 5.94. The summed E-state index contributed by atoms with van der Waals surface area (Å²) < 4.78 is 5.12. The quantitative estimate of drug-likeness (QED) is 0.807. The molecular weight excluding hydrogens is 266 g/mol. The lowest BCUT2D eigenvalue weighted by molar-refractivity contribution is -0.131. The molecule has 4 nitrogen and oxygen atoms in total. The van der Waals surface area contributed by atoms with Crippen molar-refractivity contribution in [2.75, 3.05) is 20.3 Å². The van der Waals surface area contributed by atoms with E-state index < -0.39 is 5.41 Å². The van der Waals surface area contributed by atoms with Gasteiger partial charge in [0.2, 0.25) is 5.91 Å². The fourth-order valence-electron chi connectivity index (χ4n) is 3.00. The summed E-state index contributed by atoms with van der Waals surface area (Å²) in [6.07, 6.45) is 3.38. The van der Waals surface area contributed by atoms with Gasteiger partial charge < -0.3 is 15.2 Å². The number of carbonyl (C=O) groups excluding carboxylic acids is 1. The average molecular weight is 291 g/mol. The molecule has 4 heteroatoms. The third kappa shape index (κ3) is 3.44. The van der Waals surface area contributed by atoms with Gasteiger partial charge in [-0.25, -0.2) is 0 Å².